The van der Waals surface area contributed by atoms with Gasteiger partial charge in [-0.1, -0.05) is 32.4 Å². The first-order valence-corrected chi connectivity index (χ1v) is 6.96. The van der Waals surface area contributed by atoms with E-state index in [-0.39, 0.29) is 17.4 Å². The second-order valence-electron chi connectivity index (χ2n) is 6.13. The zero-order chi connectivity index (χ0) is 14.2. The highest BCUT2D eigenvalue weighted by Gasteiger charge is 2.31. The Hall–Kier alpha value is -1.23. The Kier molecular flexibility index (Phi) is 3.76. The highest BCUT2D eigenvalue weighted by molar-refractivity contribution is 6.31. The maximum Gasteiger partial charge on any atom is 0.227 e. The number of hydrogen-bond acceptors (Lipinski definition) is 3. The number of aromatic nitrogens is 2. The highest BCUT2D eigenvalue weighted by atomic mass is 35.5. The minimum absolute atomic E-state index is 0.212. The van der Waals surface area contributed by atoms with E-state index in [2.05, 4.69) is 5.10 Å². The van der Waals surface area contributed by atoms with Crippen LogP contribution in [-0.4, -0.2) is 33.7 Å². The Morgan fingerprint density at radius 1 is 1.42 bits per heavy atom. The monoisotopic (exact) mass is 284 g/mol. The second kappa shape index (κ2) is 5.04. The van der Waals surface area contributed by atoms with Crippen LogP contribution in [0.25, 0.3) is 0 Å². The van der Waals surface area contributed by atoms with E-state index in [0.29, 0.717) is 10.8 Å². The van der Waals surface area contributed by atoms with Gasteiger partial charge in [0, 0.05) is 24.7 Å². The first-order valence-electron chi connectivity index (χ1n) is 6.58. The van der Waals surface area contributed by atoms with E-state index in [9.17, 15) is 4.79 Å². The van der Waals surface area contributed by atoms with Crippen molar-refractivity contribution in [1.82, 2.24) is 14.7 Å². The molecule has 6 heteroatoms. The smallest absolute Gasteiger partial charge is 0.227 e. The average Bonchev–Trinajstić information content (AvgIpc) is 2.68. The summed E-state index contributed by atoms with van der Waals surface area (Å²) in [7, 11) is 0. The molecule has 1 amide bonds. The van der Waals surface area contributed by atoms with E-state index >= 15 is 0 Å². The lowest BCUT2D eigenvalue weighted by atomic mass is 9.93. The topological polar surface area (TPSA) is 64.2 Å². The van der Waals surface area contributed by atoms with Crippen molar-refractivity contribution in [2.24, 2.45) is 5.41 Å². The lowest BCUT2D eigenvalue weighted by molar-refractivity contribution is -0.140. The van der Waals surface area contributed by atoms with Gasteiger partial charge in [0.2, 0.25) is 5.91 Å². The Morgan fingerprint density at radius 2 is 2.00 bits per heavy atom. The molecule has 2 heterocycles. The van der Waals surface area contributed by atoms with Crippen molar-refractivity contribution in [3.8, 4) is 0 Å². The molecule has 19 heavy (non-hydrogen) atoms. The fraction of sp³-hybridized carbons (Fsp3) is 0.692. The zero-order valence-electron chi connectivity index (χ0n) is 11.7. The second-order valence-corrected chi connectivity index (χ2v) is 6.49. The van der Waals surface area contributed by atoms with E-state index in [0.717, 1.165) is 25.9 Å². The molecule has 2 rings (SSSR count). The number of nitrogens with two attached hydrogens (primary N) is 1. The number of rotatable bonds is 1. The predicted octanol–water partition coefficient (Wildman–Crippen LogP) is 2.33. The molecule has 1 aliphatic rings. The number of piperidine rings is 1. The summed E-state index contributed by atoms with van der Waals surface area (Å²) in [5, 5.41) is 4.56. The van der Waals surface area contributed by atoms with Gasteiger partial charge in [-0.05, 0) is 12.8 Å². The molecule has 106 valence electrons. The number of amides is 1. The molecular weight excluding hydrogens is 264 g/mol. The first kappa shape index (κ1) is 14.2. The third kappa shape index (κ3) is 3.03. The molecule has 0 bridgehead atoms. The molecule has 1 aromatic rings. The van der Waals surface area contributed by atoms with Crippen LogP contribution in [0.2, 0.25) is 5.15 Å². The van der Waals surface area contributed by atoms with Gasteiger partial charge in [-0.3, -0.25) is 9.48 Å². The molecule has 0 spiro atoms. The van der Waals surface area contributed by atoms with E-state index in [1.807, 2.05) is 30.4 Å². The van der Waals surface area contributed by atoms with E-state index < -0.39 is 0 Å². The van der Waals surface area contributed by atoms with Crippen LogP contribution in [0.4, 0.5) is 5.69 Å². The van der Waals surface area contributed by atoms with Gasteiger partial charge in [-0.15, -0.1) is 0 Å². The summed E-state index contributed by atoms with van der Waals surface area (Å²) in [5.41, 5.74) is 5.90. The highest BCUT2D eigenvalue weighted by Crippen LogP contribution is 2.28. The fourth-order valence-electron chi connectivity index (χ4n) is 2.38. The largest absolute Gasteiger partial charge is 0.395 e. The number of carbonyl (C=O) groups excluding carboxylic acids is 1. The van der Waals surface area contributed by atoms with Crippen molar-refractivity contribution in [1.29, 1.82) is 0 Å². The van der Waals surface area contributed by atoms with Crippen molar-refractivity contribution < 1.29 is 4.79 Å². The number of nitrogen functional groups attached to an aromatic ring is 1. The molecule has 0 atom stereocenters. The van der Waals surface area contributed by atoms with Crippen LogP contribution in [0.15, 0.2) is 6.20 Å². The maximum atomic E-state index is 12.2. The normalized spacial score (nSPS) is 17.8. The molecule has 1 aliphatic heterocycles. The molecule has 2 N–H and O–H groups in total. The van der Waals surface area contributed by atoms with Gasteiger partial charge in [-0.25, -0.2) is 0 Å². The first-order chi connectivity index (χ1) is 8.79. The van der Waals surface area contributed by atoms with Crippen molar-refractivity contribution in [2.75, 3.05) is 18.8 Å². The Morgan fingerprint density at radius 3 is 2.42 bits per heavy atom. The van der Waals surface area contributed by atoms with Gasteiger partial charge < -0.3 is 10.6 Å². The molecular formula is C13H21ClN4O. The summed E-state index contributed by atoms with van der Waals surface area (Å²) in [6, 6.07) is 0.277. The van der Waals surface area contributed by atoms with Crippen molar-refractivity contribution >= 4 is 23.2 Å². The number of halogens is 1. The number of hydrogen-bond donors (Lipinski definition) is 1. The SMILES string of the molecule is CC(C)(C)C(=O)N1CCC(n2cc(N)c(Cl)n2)CC1. The van der Waals surface area contributed by atoms with E-state index in [1.165, 1.54) is 0 Å². The zero-order valence-corrected chi connectivity index (χ0v) is 12.4. The number of carbonyl (C=O) groups is 1. The van der Waals surface area contributed by atoms with Gasteiger partial charge in [0.15, 0.2) is 5.15 Å². The molecule has 1 saturated heterocycles. The van der Waals surface area contributed by atoms with Crippen molar-refractivity contribution in [2.45, 2.75) is 39.7 Å². The Balaban J connectivity index is 1.98. The average molecular weight is 285 g/mol. The summed E-state index contributed by atoms with van der Waals surface area (Å²) in [6.45, 7) is 7.39. The molecule has 0 unspecified atom stereocenters. The molecule has 1 fully saturated rings. The van der Waals surface area contributed by atoms with E-state index in [4.69, 9.17) is 17.3 Å². The molecule has 1 aromatic heterocycles. The molecule has 0 saturated carbocycles. The number of likely N-dealkylation sites (tertiary alicyclic amines) is 1. The van der Waals surface area contributed by atoms with Gasteiger partial charge in [0.05, 0.1) is 11.7 Å². The van der Waals surface area contributed by atoms with Gasteiger partial charge in [0.1, 0.15) is 0 Å². The lowest BCUT2D eigenvalue weighted by Gasteiger charge is -2.35. The standard InChI is InChI=1S/C13H21ClN4O/c1-13(2,3)12(19)17-6-4-9(5-7-17)18-8-10(15)11(14)16-18/h8-9H,4-7,15H2,1-3H3. The molecule has 0 aliphatic carbocycles. The fourth-order valence-corrected chi connectivity index (χ4v) is 2.51. The summed E-state index contributed by atoms with van der Waals surface area (Å²) in [5.74, 6) is 0.212. The summed E-state index contributed by atoms with van der Waals surface area (Å²) < 4.78 is 1.83. The lowest BCUT2D eigenvalue weighted by Crippen LogP contribution is -2.44. The van der Waals surface area contributed by atoms with Crippen molar-refractivity contribution in [3.63, 3.8) is 0 Å². The minimum atomic E-state index is -0.313. The van der Waals surface area contributed by atoms with Gasteiger partial charge in [0.25, 0.3) is 0 Å². The van der Waals surface area contributed by atoms with Crippen LogP contribution in [0, 0.1) is 5.41 Å². The third-order valence-electron chi connectivity index (χ3n) is 3.48. The van der Waals surface area contributed by atoms with Crippen LogP contribution in [0.3, 0.4) is 0 Å². The summed E-state index contributed by atoms with van der Waals surface area (Å²) in [4.78, 5) is 14.1. The third-order valence-corrected chi connectivity index (χ3v) is 3.77. The van der Waals surface area contributed by atoms with Crippen LogP contribution in [0.1, 0.15) is 39.7 Å². The van der Waals surface area contributed by atoms with Gasteiger partial charge >= 0.3 is 0 Å². The van der Waals surface area contributed by atoms with Crippen LogP contribution in [-0.2, 0) is 4.79 Å². The number of nitrogens with zero attached hydrogens (tertiary/aromatic N) is 3. The van der Waals surface area contributed by atoms with Gasteiger partial charge in [-0.2, -0.15) is 5.10 Å². The van der Waals surface area contributed by atoms with Crippen LogP contribution in [0.5, 0.6) is 0 Å². The summed E-state index contributed by atoms with van der Waals surface area (Å²) in [6.07, 6.45) is 3.55. The van der Waals surface area contributed by atoms with E-state index in [1.54, 1.807) is 6.20 Å². The molecule has 0 aromatic carbocycles. The maximum absolute atomic E-state index is 12.2. The van der Waals surface area contributed by atoms with Crippen molar-refractivity contribution in [3.05, 3.63) is 11.3 Å². The Bertz CT molecular complexity index is 450. The van der Waals surface area contributed by atoms with Crippen LogP contribution >= 0.6 is 11.6 Å². The van der Waals surface area contributed by atoms with Crippen LogP contribution < -0.4 is 5.73 Å². The number of anilines is 1. The molecule has 5 nitrogen and oxygen atoms in total. The minimum Gasteiger partial charge on any atom is -0.395 e. The molecule has 0 radical (unpaired) electrons. The predicted molar refractivity (Wildman–Crippen MR) is 76.0 cm³/mol. The summed E-state index contributed by atoms with van der Waals surface area (Å²) >= 11 is 5.87. The Labute approximate surface area is 118 Å². The quantitative estimate of drug-likeness (QED) is 0.861.